The molecule has 1 aliphatic rings. The molecule has 2 heterocycles. The molecule has 11 heteroatoms. The van der Waals surface area contributed by atoms with E-state index in [-0.39, 0.29) is 17.4 Å². The van der Waals surface area contributed by atoms with Crippen molar-refractivity contribution in [3.8, 4) is 5.69 Å². The Bertz CT molecular complexity index is 1220. The maximum Gasteiger partial charge on any atom is 0.233 e. The number of piperazine rings is 1. The molecule has 1 aromatic heterocycles. The number of hydrogen-bond donors (Lipinski definition) is 0. The Labute approximate surface area is 197 Å². The van der Waals surface area contributed by atoms with Crippen LogP contribution in [0.1, 0.15) is 16.7 Å². The molecule has 9 nitrogen and oxygen atoms in total. The van der Waals surface area contributed by atoms with Gasteiger partial charge in [0.05, 0.1) is 17.2 Å². The molecular weight excluding hydrogens is 460 g/mol. The highest BCUT2D eigenvalue weighted by Gasteiger charge is 2.29. The molecule has 1 aliphatic heterocycles. The third kappa shape index (κ3) is 5.60. The number of thioether (sulfide) groups is 1. The molecule has 0 spiro atoms. The monoisotopic (exact) mass is 486 g/mol. The first-order valence-corrected chi connectivity index (χ1v) is 13.2. The average molecular weight is 487 g/mol. The lowest BCUT2D eigenvalue weighted by molar-refractivity contribution is -0.129. The van der Waals surface area contributed by atoms with E-state index in [2.05, 4.69) is 15.5 Å². The summed E-state index contributed by atoms with van der Waals surface area (Å²) in [6, 6.07) is 15.1. The Kier molecular flexibility index (Phi) is 7.11. The number of amides is 1. The molecule has 174 valence electrons. The standard InChI is InChI=1S/C22H26N6O3S2/c1-17-8-9-20(14-18(17)2)28-22(23-24-25-28)32-15-21(29)26-10-12-27(13-11-26)33(30,31)16-19-6-4-3-5-7-19/h3-9,14H,10-13,15-16H2,1-2H3. The van der Waals surface area contributed by atoms with Crippen LogP contribution in [0.25, 0.3) is 5.69 Å². The van der Waals surface area contributed by atoms with E-state index in [9.17, 15) is 13.2 Å². The van der Waals surface area contributed by atoms with Gasteiger partial charge in [0, 0.05) is 26.2 Å². The third-order valence-corrected chi connectivity index (χ3v) is 8.43. The number of sulfonamides is 1. The first kappa shape index (κ1) is 23.4. The second-order valence-electron chi connectivity index (χ2n) is 7.95. The lowest BCUT2D eigenvalue weighted by Gasteiger charge is -2.34. The second-order valence-corrected chi connectivity index (χ2v) is 10.9. The predicted octanol–water partition coefficient (Wildman–Crippen LogP) is 2.05. The van der Waals surface area contributed by atoms with E-state index in [1.165, 1.54) is 21.6 Å². The lowest BCUT2D eigenvalue weighted by atomic mass is 10.1. The van der Waals surface area contributed by atoms with Gasteiger partial charge >= 0.3 is 0 Å². The maximum atomic E-state index is 12.7. The number of rotatable bonds is 7. The van der Waals surface area contributed by atoms with Gasteiger partial charge in [-0.25, -0.2) is 8.42 Å². The van der Waals surface area contributed by atoms with E-state index in [4.69, 9.17) is 0 Å². The highest BCUT2D eigenvalue weighted by atomic mass is 32.2. The number of carbonyl (C=O) groups is 1. The molecule has 0 atom stereocenters. The molecule has 0 bridgehead atoms. The molecule has 1 amide bonds. The molecule has 1 saturated heterocycles. The first-order valence-electron chi connectivity index (χ1n) is 10.6. The quantitative estimate of drug-likeness (QED) is 0.471. The Hall–Kier alpha value is -2.76. The van der Waals surface area contributed by atoms with Gasteiger partial charge in [0.1, 0.15) is 0 Å². The van der Waals surface area contributed by atoms with Crippen LogP contribution in [0.4, 0.5) is 0 Å². The van der Waals surface area contributed by atoms with Crippen molar-refractivity contribution in [1.29, 1.82) is 0 Å². The number of aromatic nitrogens is 4. The summed E-state index contributed by atoms with van der Waals surface area (Å²) in [4.78, 5) is 14.4. The van der Waals surface area contributed by atoms with Crippen LogP contribution in [0.2, 0.25) is 0 Å². The minimum Gasteiger partial charge on any atom is -0.339 e. The van der Waals surface area contributed by atoms with Crippen LogP contribution in [0.3, 0.4) is 0 Å². The number of hydrogen-bond acceptors (Lipinski definition) is 7. The minimum atomic E-state index is -3.42. The van der Waals surface area contributed by atoms with Crippen LogP contribution in [0.15, 0.2) is 53.7 Å². The van der Waals surface area contributed by atoms with Crippen LogP contribution in [-0.4, -0.2) is 75.7 Å². The molecule has 0 aliphatic carbocycles. The summed E-state index contributed by atoms with van der Waals surface area (Å²) in [5.74, 6) is 0.0931. The highest BCUT2D eigenvalue weighted by Crippen LogP contribution is 2.21. The van der Waals surface area contributed by atoms with Crippen molar-refractivity contribution in [1.82, 2.24) is 29.4 Å². The van der Waals surface area contributed by atoms with Crippen molar-refractivity contribution >= 4 is 27.7 Å². The van der Waals surface area contributed by atoms with Gasteiger partial charge in [-0.3, -0.25) is 4.79 Å². The Morgan fingerprint density at radius 2 is 1.73 bits per heavy atom. The van der Waals surface area contributed by atoms with Crippen molar-refractivity contribution in [3.05, 3.63) is 65.2 Å². The van der Waals surface area contributed by atoms with Crippen molar-refractivity contribution in [3.63, 3.8) is 0 Å². The summed E-state index contributed by atoms with van der Waals surface area (Å²) in [5, 5.41) is 12.4. The van der Waals surface area contributed by atoms with Crippen molar-refractivity contribution in [2.24, 2.45) is 0 Å². The zero-order chi connectivity index (χ0) is 23.4. The van der Waals surface area contributed by atoms with E-state index in [1.54, 1.807) is 21.7 Å². The molecule has 0 radical (unpaired) electrons. The van der Waals surface area contributed by atoms with Crippen LogP contribution < -0.4 is 0 Å². The van der Waals surface area contributed by atoms with Crippen molar-refractivity contribution in [2.75, 3.05) is 31.9 Å². The topological polar surface area (TPSA) is 101 Å². The van der Waals surface area contributed by atoms with E-state index in [0.29, 0.717) is 31.3 Å². The Morgan fingerprint density at radius 1 is 1.00 bits per heavy atom. The summed E-state index contributed by atoms with van der Waals surface area (Å²) < 4.78 is 28.5. The maximum absolute atomic E-state index is 12.7. The van der Waals surface area contributed by atoms with Gasteiger partial charge in [0.2, 0.25) is 21.1 Å². The molecule has 0 unspecified atom stereocenters. The van der Waals surface area contributed by atoms with Crippen molar-refractivity contribution < 1.29 is 13.2 Å². The largest absolute Gasteiger partial charge is 0.339 e. The van der Waals surface area contributed by atoms with Crippen molar-refractivity contribution in [2.45, 2.75) is 24.8 Å². The van der Waals surface area contributed by atoms with Crippen LogP contribution in [0.5, 0.6) is 0 Å². The zero-order valence-electron chi connectivity index (χ0n) is 18.6. The molecule has 4 rings (SSSR count). The van der Waals surface area contributed by atoms with Gasteiger partial charge in [-0.05, 0) is 53.1 Å². The molecule has 1 fully saturated rings. The van der Waals surface area contributed by atoms with Crippen LogP contribution in [-0.2, 0) is 20.6 Å². The molecule has 2 aromatic carbocycles. The molecular formula is C22H26N6O3S2. The summed E-state index contributed by atoms with van der Waals surface area (Å²) >= 11 is 1.27. The Balaban J connectivity index is 1.31. The third-order valence-electron chi connectivity index (χ3n) is 5.68. The van der Waals surface area contributed by atoms with Gasteiger partial charge in [-0.2, -0.15) is 8.99 Å². The summed E-state index contributed by atoms with van der Waals surface area (Å²) in [6.07, 6.45) is 0. The number of carbonyl (C=O) groups excluding carboxylic acids is 1. The predicted molar refractivity (Wildman–Crippen MR) is 127 cm³/mol. The fourth-order valence-electron chi connectivity index (χ4n) is 3.60. The smallest absolute Gasteiger partial charge is 0.233 e. The second kappa shape index (κ2) is 10.0. The highest BCUT2D eigenvalue weighted by molar-refractivity contribution is 7.99. The SMILES string of the molecule is Cc1ccc(-n2nnnc2SCC(=O)N2CCN(S(=O)(=O)Cc3ccccc3)CC2)cc1C. The first-order chi connectivity index (χ1) is 15.8. The zero-order valence-corrected chi connectivity index (χ0v) is 20.2. The number of aryl methyl sites for hydroxylation is 2. The normalized spacial score (nSPS) is 15.0. The molecule has 0 N–H and O–H groups in total. The summed E-state index contributed by atoms with van der Waals surface area (Å²) in [5.41, 5.74) is 3.92. The average Bonchev–Trinajstić information content (AvgIpc) is 3.28. The summed E-state index contributed by atoms with van der Waals surface area (Å²) in [6.45, 7) is 5.40. The van der Waals surface area contributed by atoms with E-state index >= 15 is 0 Å². The van der Waals surface area contributed by atoms with Gasteiger partial charge < -0.3 is 4.90 Å². The van der Waals surface area contributed by atoms with Gasteiger partial charge in [-0.1, -0.05) is 48.2 Å². The fraction of sp³-hybridized carbons (Fsp3) is 0.364. The van der Waals surface area contributed by atoms with E-state index < -0.39 is 10.0 Å². The van der Waals surface area contributed by atoms with E-state index in [0.717, 1.165) is 16.8 Å². The summed E-state index contributed by atoms with van der Waals surface area (Å²) in [7, 11) is -3.42. The van der Waals surface area contributed by atoms with Gasteiger partial charge in [-0.15, -0.1) is 5.10 Å². The van der Waals surface area contributed by atoms with Gasteiger partial charge in [0.25, 0.3) is 0 Å². The van der Waals surface area contributed by atoms with Crippen LogP contribution >= 0.6 is 11.8 Å². The fourth-order valence-corrected chi connectivity index (χ4v) is 5.91. The van der Waals surface area contributed by atoms with Crippen LogP contribution in [0, 0.1) is 13.8 Å². The molecule has 3 aromatic rings. The van der Waals surface area contributed by atoms with E-state index in [1.807, 2.05) is 50.2 Å². The Morgan fingerprint density at radius 3 is 2.42 bits per heavy atom. The lowest BCUT2D eigenvalue weighted by Crippen LogP contribution is -2.51. The molecule has 0 saturated carbocycles. The minimum absolute atomic E-state index is 0.0290. The van der Waals surface area contributed by atoms with Gasteiger partial charge in [0.15, 0.2) is 0 Å². The number of nitrogens with zero attached hydrogens (tertiary/aromatic N) is 6. The number of tetrazole rings is 1. The number of benzene rings is 2. The molecule has 33 heavy (non-hydrogen) atoms.